The van der Waals surface area contributed by atoms with Gasteiger partial charge in [0.2, 0.25) is 11.8 Å². The third-order valence-corrected chi connectivity index (χ3v) is 4.04. The van der Waals surface area contributed by atoms with Crippen molar-refractivity contribution in [3.8, 4) is 0 Å². The maximum absolute atomic E-state index is 12.4. The molecule has 114 valence electrons. The van der Waals surface area contributed by atoms with E-state index in [1.165, 1.54) is 18.1 Å². The Labute approximate surface area is 126 Å². The molecule has 1 aromatic carbocycles. The van der Waals surface area contributed by atoms with Crippen LogP contribution in [0, 0.1) is 0 Å². The molecule has 2 amide bonds. The first kappa shape index (κ1) is 15.5. The average molecular weight is 288 g/mol. The topological polar surface area (TPSA) is 40.6 Å². The van der Waals surface area contributed by atoms with Gasteiger partial charge in [0, 0.05) is 26.6 Å². The van der Waals surface area contributed by atoms with Gasteiger partial charge in [-0.2, -0.15) is 0 Å². The van der Waals surface area contributed by atoms with Crippen LogP contribution in [0.1, 0.15) is 37.8 Å². The van der Waals surface area contributed by atoms with Crippen LogP contribution in [0.2, 0.25) is 0 Å². The zero-order valence-electron chi connectivity index (χ0n) is 13.0. The summed E-state index contributed by atoms with van der Waals surface area (Å²) in [6.45, 7) is 5.90. The molecule has 0 radical (unpaired) electrons. The molecule has 0 N–H and O–H groups in total. The predicted molar refractivity (Wildman–Crippen MR) is 82.7 cm³/mol. The van der Waals surface area contributed by atoms with E-state index in [1.807, 2.05) is 17.0 Å². The standard InChI is InChI=1S/C17H24N2O2/c1-3-4-10-18(14(2)20)13-17(21)19-11-9-15-7-5-6-8-16(15)12-19/h5-8H,3-4,9-13H2,1-2H3. The van der Waals surface area contributed by atoms with Crippen molar-refractivity contribution in [2.24, 2.45) is 0 Å². The van der Waals surface area contributed by atoms with Gasteiger partial charge in [0.25, 0.3) is 0 Å². The molecule has 0 fully saturated rings. The second-order valence-corrected chi connectivity index (χ2v) is 5.63. The van der Waals surface area contributed by atoms with E-state index in [0.29, 0.717) is 13.1 Å². The third-order valence-electron chi connectivity index (χ3n) is 4.04. The molecular weight excluding hydrogens is 264 g/mol. The van der Waals surface area contributed by atoms with Gasteiger partial charge in [-0.1, -0.05) is 37.6 Å². The van der Waals surface area contributed by atoms with Crippen molar-refractivity contribution >= 4 is 11.8 Å². The molecule has 1 aliphatic heterocycles. The molecule has 0 saturated heterocycles. The lowest BCUT2D eigenvalue weighted by atomic mass is 10.00. The minimum absolute atomic E-state index is 0.0193. The summed E-state index contributed by atoms with van der Waals surface area (Å²) in [5.41, 5.74) is 2.55. The van der Waals surface area contributed by atoms with Crippen molar-refractivity contribution in [3.63, 3.8) is 0 Å². The van der Waals surface area contributed by atoms with Gasteiger partial charge in [0.1, 0.15) is 0 Å². The van der Waals surface area contributed by atoms with Crippen LogP contribution in [-0.2, 0) is 22.6 Å². The van der Waals surface area contributed by atoms with E-state index in [0.717, 1.165) is 25.8 Å². The molecular formula is C17H24N2O2. The molecule has 0 unspecified atom stereocenters. The third kappa shape index (κ3) is 4.06. The molecule has 0 bridgehead atoms. The fourth-order valence-corrected chi connectivity index (χ4v) is 2.67. The first-order valence-corrected chi connectivity index (χ1v) is 7.72. The van der Waals surface area contributed by atoms with E-state index in [2.05, 4.69) is 19.1 Å². The van der Waals surface area contributed by atoms with Crippen LogP contribution in [-0.4, -0.2) is 41.2 Å². The van der Waals surface area contributed by atoms with Crippen molar-refractivity contribution in [2.75, 3.05) is 19.6 Å². The van der Waals surface area contributed by atoms with Gasteiger partial charge < -0.3 is 9.80 Å². The molecule has 4 nitrogen and oxygen atoms in total. The van der Waals surface area contributed by atoms with Crippen molar-refractivity contribution in [2.45, 2.75) is 39.7 Å². The maximum atomic E-state index is 12.4. The summed E-state index contributed by atoms with van der Waals surface area (Å²) in [5.74, 6) is 0.0324. The molecule has 1 heterocycles. The Hall–Kier alpha value is -1.84. The van der Waals surface area contributed by atoms with Crippen molar-refractivity contribution in [1.82, 2.24) is 9.80 Å². The Morgan fingerprint density at radius 1 is 1.24 bits per heavy atom. The number of unbranched alkanes of at least 4 members (excludes halogenated alkanes) is 1. The Kier molecular flexibility index (Phi) is 5.37. The van der Waals surface area contributed by atoms with Gasteiger partial charge in [-0.3, -0.25) is 9.59 Å². The number of hydrogen-bond donors (Lipinski definition) is 0. The number of nitrogens with zero attached hydrogens (tertiary/aromatic N) is 2. The fraction of sp³-hybridized carbons (Fsp3) is 0.529. The van der Waals surface area contributed by atoms with E-state index in [4.69, 9.17) is 0 Å². The Bertz CT molecular complexity index is 513. The SMILES string of the molecule is CCCCN(CC(=O)N1CCc2ccccc2C1)C(C)=O. The number of carbonyl (C=O) groups is 2. The van der Waals surface area contributed by atoms with E-state index in [-0.39, 0.29) is 18.4 Å². The second kappa shape index (κ2) is 7.25. The fourth-order valence-electron chi connectivity index (χ4n) is 2.67. The van der Waals surface area contributed by atoms with Crippen LogP contribution in [0.25, 0.3) is 0 Å². The molecule has 0 spiro atoms. The first-order valence-electron chi connectivity index (χ1n) is 7.72. The maximum Gasteiger partial charge on any atom is 0.242 e. The highest BCUT2D eigenvalue weighted by atomic mass is 16.2. The van der Waals surface area contributed by atoms with Crippen LogP contribution < -0.4 is 0 Å². The number of hydrogen-bond acceptors (Lipinski definition) is 2. The summed E-state index contributed by atoms with van der Waals surface area (Å²) in [6.07, 6.45) is 2.86. The summed E-state index contributed by atoms with van der Waals surface area (Å²) in [6, 6.07) is 8.25. The smallest absolute Gasteiger partial charge is 0.242 e. The molecule has 1 aromatic rings. The normalized spacial score (nSPS) is 13.7. The number of benzene rings is 1. The quantitative estimate of drug-likeness (QED) is 0.833. The van der Waals surface area contributed by atoms with Crippen molar-refractivity contribution in [3.05, 3.63) is 35.4 Å². The molecule has 1 aliphatic rings. The first-order chi connectivity index (χ1) is 10.1. The zero-order chi connectivity index (χ0) is 15.2. The molecule has 21 heavy (non-hydrogen) atoms. The van der Waals surface area contributed by atoms with Crippen LogP contribution in [0.5, 0.6) is 0 Å². The molecule has 2 rings (SSSR count). The van der Waals surface area contributed by atoms with E-state index >= 15 is 0 Å². The van der Waals surface area contributed by atoms with Gasteiger partial charge in [-0.25, -0.2) is 0 Å². The van der Waals surface area contributed by atoms with Crippen LogP contribution in [0.4, 0.5) is 0 Å². The largest absolute Gasteiger partial charge is 0.336 e. The lowest BCUT2D eigenvalue weighted by molar-refractivity contribution is -0.140. The van der Waals surface area contributed by atoms with Gasteiger partial charge >= 0.3 is 0 Å². The summed E-state index contributed by atoms with van der Waals surface area (Å²) in [5, 5.41) is 0. The predicted octanol–water partition coefficient (Wildman–Crippen LogP) is 2.22. The summed E-state index contributed by atoms with van der Waals surface area (Å²) < 4.78 is 0. The van der Waals surface area contributed by atoms with Crippen LogP contribution in [0.3, 0.4) is 0 Å². The van der Waals surface area contributed by atoms with Crippen molar-refractivity contribution < 1.29 is 9.59 Å². The lowest BCUT2D eigenvalue weighted by Crippen LogP contribution is -2.44. The van der Waals surface area contributed by atoms with Crippen molar-refractivity contribution in [1.29, 1.82) is 0 Å². The molecule has 0 saturated carbocycles. The number of rotatable bonds is 5. The van der Waals surface area contributed by atoms with Gasteiger partial charge in [0.15, 0.2) is 0 Å². The highest BCUT2D eigenvalue weighted by Crippen LogP contribution is 2.18. The number of fused-ring (bicyclic) bond motifs is 1. The van der Waals surface area contributed by atoms with E-state index < -0.39 is 0 Å². The highest BCUT2D eigenvalue weighted by molar-refractivity contribution is 5.84. The molecule has 0 atom stereocenters. The van der Waals surface area contributed by atoms with E-state index in [1.54, 1.807) is 4.90 Å². The van der Waals surface area contributed by atoms with E-state index in [9.17, 15) is 9.59 Å². The monoisotopic (exact) mass is 288 g/mol. The van der Waals surface area contributed by atoms with Crippen LogP contribution in [0.15, 0.2) is 24.3 Å². The minimum atomic E-state index is -0.0193. The summed E-state index contributed by atoms with van der Waals surface area (Å²) in [7, 11) is 0. The molecule has 4 heteroatoms. The van der Waals surface area contributed by atoms with Gasteiger partial charge in [-0.15, -0.1) is 0 Å². The highest BCUT2D eigenvalue weighted by Gasteiger charge is 2.22. The summed E-state index contributed by atoms with van der Waals surface area (Å²) in [4.78, 5) is 27.6. The zero-order valence-corrected chi connectivity index (χ0v) is 13.0. The summed E-state index contributed by atoms with van der Waals surface area (Å²) >= 11 is 0. The number of amides is 2. The molecule has 0 aromatic heterocycles. The van der Waals surface area contributed by atoms with Gasteiger partial charge in [0.05, 0.1) is 6.54 Å². The Balaban J connectivity index is 1.96. The lowest BCUT2D eigenvalue weighted by Gasteiger charge is -2.31. The Morgan fingerprint density at radius 3 is 2.62 bits per heavy atom. The second-order valence-electron chi connectivity index (χ2n) is 5.63. The Morgan fingerprint density at radius 2 is 1.95 bits per heavy atom. The number of carbonyl (C=O) groups excluding carboxylic acids is 2. The average Bonchev–Trinajstić information content (AvgIpc) is 2.50. The minimum Gasteiger partial charge on any atom is -0.336 e. The van der Waals surface area contributed by atoms with Crippen LogP contribution >= 0.6 is 0 Å². The molecule has 0 aliphatic carbocycles. The van der Waals surface area contributed by atoms with Gasteiger partial charge in [-0.05, 0) is 24.0 Å².